The average molecular weight is 399 g/mol. The van der Waals surface area contributed by atoms with Crippen LogP contribution in [0.4, 0.5) is 0 Å². The number of amides is 2. The topological polar surface area (TPSA) is 76.7 Å². The van der Waals surface area contributed by atoms with Gasteiger partial charge in [0.2, 0.25) is 0 Å². The summed E-state index contributed by atoms with van der Waals surface area (Å²) in [5, 5.41) is 0. The van der Waals surface area contributed by atoms with Gasteiger partial charge in [-0.15, -0.1) is 0 Å². The molecule has 2 rings (SSSR count). The Morgan fingerprint density at radius 2 is 1.62 bits per heavy atom. The molecule has 156 valence electrons. The smallest absolute Gasteiger partial charge is 0.276 e. The first-order valence-corrected chi connectivity index (χ1v) is 9.91. The van der Waals surface area contributed by atoms with E-state index in [1.807, 2.05) is 31.2 Å². The zero-order chi connectivity index (χ0) is 21.3. The first kappa shape index (κ1) is 22.3. The maximum atomic E-state index is 12.3. The molecular weight excluding hydrogens is 368 g/mol. The minimum absolute atomic E-state index is 0.0946. The third-order valence-electron chi connectivity index (χ3n) is 4.80. The third-order valence-corrected chi connectivity index (χ3v) is 4.80. The summed E-state index contributed by atoms with van der Waals surface area (Å²) in [5.41, 5.74) is 6.42. The molecule has 0 aliphatic rings. The molecule has 6 nitrogen and oxygen atoms in total. The van der Waals surface area contributed by atoms with Crippen molar-refractivity contribution >= 4 is 11.8 Å². The van der Waals surface area contributed by atoms with Crippen LogP contribution in [-0.4, -0.2) is 25.0 Å². The van der Waals surface area contributed by atoms with E-state index in [2.05, 4.69) is 31.6 Å². The van der Waals surface area contributed by atoms with E-state index in [4.69, 9.17) is 9.47 Å². The fraction of sp³-hybridized carbons (Fsp3) is 0.391. The normalized spacial score (nSPS) is 10.9. The monoisotopic (exact) mass is 398 g/mol. The van der Waals surface area contributed by atoms with Gasteiger partial charge in [-0.2, -0.15) is 0 Å². The van der Waals surface area contributed by atoms with Crippen LogP contribution in [-0.2, 0) is 10.2 Å². The van der Waals surface area contributed by atoms with Gasteiger partial charge in [0.25, 0.3) is 11.8 Å². The minimum Gasteiger partial charge on any atom is -0.493 e. The number of para-hydroxylation sites is 1. The Hall–Kier alpha value is -3.02. The summed E-state index contributed by atoms with van der Waals surface area (Å²) in [6.45, 7) is 8.82. The van der Waals surface area contributed by atoms with Crippen LogP contribution in [0.3, 0.4) is 0 Å². The molecule has 0 aliphatic carbocycles. The molecule has 0 spiro atoms. The Balaban J connectivity index is 1.84. The van der Waals surface area contributed by atoms with E-state index in [0.717, 1.165) is 12.8 Å². The fourth-order valence-corrected chi connectivity index (χ4v) is 2.58. The van der Waals surface area contributed by atoms with Gasteiger partial charge >= 0.3 is 0 Å². The third kappa shape index (κ3) is 6.52. The van der Waals surface area contributed by atoms with Gasteiger partial charge in [-0.25, -0.2) is 0 Å². The van der Waals surface area contributed by atoms with Crippen LogP contribution >= 0.6 is 0 Å². The van der Waals surface area contributed by atoms with Crippen molar-refractivity contribution in [2.75, 3.05) is 13.2 Å². The van der Waals surface area contributed by atoms with Crippen LogP contribution in [0.5, 0.6) is 11.5 Å². The summed E-state index contributed by atoms with van der Waals surface area (Å²) >= 11 is 0. The highest BCUT2D eigenvalue weighted by molar-refractivity contribution is 5.97. The van der Waals surface area contributed by atoms with Crippen LogP contribution in [0.2, 0.25) is 0 Å². The van der Waals surface area contributed by atoms with Crippen molar-refractivity contribution in [3.05, 3.63) is 59.7 Å². The van der Waals surface area contributed by atoms with Crippen molar-refractivity contribution in [3.63, 3.8) is 0 Å². The lowest BCUT2D eigenvalue weighted by molar-refractivity contribution is -0.123. The lowest BCUT2D eigenvalue weighted by Crippen LogP contribution is -2.43. The highest BCUT2D eigenvalue weighted by Gasteiger charge is 2.18. The van der Waals surface area contributed by atoms with Gasteiger partial charge in [0.05, 0.1) is 12.2 Å². The largest absolute Gasteiger partial charge is 0.493 e. The molecule has 0 saturated carbocycles. The Bertz CT molecular complexity index is 816. The molecule has 0 atom stereocenters. The fourth-order valence-electron chi connectivity index (χ4n) is 2.58. The second kappa shape index (κ2) is 10.5. The van der Waals surface area contributed by atoms with Crippen molar-refractivity contribution in [1.29, 1.82) is 0 Å². The lowest BCUT2D eigenvalue weighted by Gasteiger charge is -2.23. The Morgan fingerprint density at radius 1 is 0.931 bits per heavy atom. The molecule has 2 aromatic carbocycles. The van der Waals surface area contributed by atoms with Gasteiger partial charge in [-0.05, 0) is 48.1 Å². The number of carbonyl (C=O) groups excluding carboxylic acids is 2. The Kier molecular flexibility index (Phi) is 8.07. The predicted molar refractivity (Wildman–Crippen MR) is 113 cm³/mol. The molecule has 0 bridgehead atoms. The molecule has 0 unspecified atom stereocenters. The number of hydrazine groups is 1. The summed E-state index contributed by atoms with van der Waals surface area (Å²) in [4.78, 5) is 24.3. The van der Waals surface area contributed by atoms with E-state index in [1.165, 1.54) is 5.56 Å². The maximum absolute atomic E-state index is 12.3. The average Bonchev–Trinajstić information content (AvgIpc) is 2.75. The van der Waals surface area contributed by atoms with Crippen molar-refractivity contribution in [2.45, 2.75) is 46.0 Å². The van der Waals surface area contributed by atoms with Crippen LogP contribution in [0.1, 0.15) is 56.5 Å². The van der Waals surface area contributed by atoms with E-state index in [0.29, 0.717) is 23.7 Å². The molecule has 29 heavy (non-hydrogen) atoms. The molecule has 6 heteroatoms. The van der Waals surface area contributed by atoms with Crippen LogP contribution in [0, 0.1) is 0 Å². The highest BCUT2D eigenvalue weighted by atomic mass is 16.5. The number of benzene rings is 2. The highest BCUT2D eigenvalue weighted by Crippen LogP contribution is 2.28. The van der Waals surface area contributed by atoms with Gasteiger partial charge < -0.3 is 9.47 Å². The van der Waals surface area contributed by atoms with Crippen LogP contribution in [0.25, 0.3) is 0 Å². The Labute approximate surface area is 172 Å². The van der Waals surface area contributed by atoms with Gasteiger partial charge in [0, 0.05) is 0 Å². The van der Waals surface area contributed by atoms with E-state index in [1.54, 1.807) is 24.3 Å². The number of hydrogen-bond acceptors (Lipinski definition) is 4. The van der Waals surface area contributed by atoms with Crippen molar-refractivity contribution in [1.82, 2.24) is 10.9 Å². The summed E-state index contributed by atoms with van der Waals surface area (Å²) in [5.74, 6) is 0.173. The first-order valence-electron chi connectivity index (χ1n) is 9.91. The predicted octanol–water partition coefficient (Wildman–Crippen LogP) is 4.00. The Morgan fingerprint density at radius 3 is 2.28 bits per heavy atom. The molecule has 0 saturated heterocycles. The van der Waals surface area contributed by atoms with Crippen molar-refractivity contribution in [2.24, 2.45) is 0 Å². The van der Waals surface area contributed by atoms with E-state index in [-0.39, 0.29) is 12.0 Å². The van der Waals surface area contributed by atoms with Gasteiger partial charge in [0.15, 0.2) is 6.61 Å². The summed E-state index contributed by atoms with van der Waals surface area (Å²) in [7, 11) is 0. The molecule has 0 fully saturated rings. The number of nitrogens with one attached hydrogen (secondary N) is 2. The molecular formula is C23H30N2O4. The molecule has 2 aromatic rings. The van der Waals surface area contributed by atoms with E-state index < -0.39 is 11.8 Å². The minimum atomic E-state index is -0.455. The van der Waals surface area contributed by atoms with Gasteiger partial charge in [0.1, 0.15) is 11.5 Å². The van der Waals surface area contributed by atoms with E-state index in [9.17, 15) is 9.59 Å². The van der Waals surface area contributed by atoms with E-state index >= 15 is 0 Å². The molecule has 0 aromatic heterocycles. The quantitative estimate of drug-likeness (QED) is 0.626. The molecule has 2 amide bonds. The van der Waals surface area contributed by atoms with Crippen molar-refractivity contribution in [3.8, 4) is 11.5 Å². The van der Waals surface area contributed by atoms with Gasteiger partial charge in [-0.1, -0.05) is 52.0 Å². The van der Waals surface area contributed by atoms with Crippen LogP contribution < -0.4 is 20.3 Å². The first-order chi connectivity index (χ1) is 13.9. The molecule has 0 aliphatic heterocycles. The maximum Gasteiger partial charge on any atom is 0.276 e. The zero-order valence-electron chi connectivity index (χ0n) is 17.6. The SMILES string of the molecule is CCCOc1ccccc1C(=O)NNC(=O)COc1ccc(C(C)(C)CC)cc1. The van der Waals surface area contributed by atoms with Crippen LogP contribution in [0.15, 0.2) is 48.5 Å². The van der Waals surface area contributed by atoms with Gasteiger partial charge in [-0.3, -0.25) is 20.4 Å². The zero-order valence-corrected chi connectivity index (χ0v) is 17.6. The van der Waals surface area contributed by atoms with Crippen molar-refractivity contribution < 1.29 is 19.1 Å². The standard InChI is InChI=1S/C23H30N2O4/c1-5-15-28-20-10-8-7-9-19(20)22(27)25-24-21(26)16-29-18-13-11-17(12-14-18)23(3,4)6-2/h7-14H,5-6,15-16H2,1-4H3,(H,24,26)(H,25,27). The molecule has 0 radical (unpaired) electrons. The summed E-state index contributed by atoms with van der Waals surface area (Å²) in [6, 6.07) is 14.6. The number of hydrogen-bond donors (Lipinski definition) is 2. The number of carbonyl (C=O) groups is 2. The summed E-state index contributed by atoms with van der Waals surface area (Å²) in [6.07, 6.45) is 1.86. The number of ether oxygens (including phenoxy) is 2. The second-order valence-corrected chi connectivity index (χ2v) is 7.40. The molecule has 0 heterocycles. The number of rotatable bonds is 9. The summed E-state index contributed by atoms with van der Waals surface area (Å²) < 4.78 is 11.1. The molecule has 2 N–H and O–H groups in total. The lowest BCUT2D eigenvalue weighted by atomic mass is 9.82. The second-order valence-electron chi connectivity index (χ2n) is 7.40.